The Morgan fingerprint density at radius 2 is 2.05 bits per heavy atom. The first kappa shape index (κ1) is 15.3. The SMILES string of the molecule is Cc1cc(F)c(N)cc1S(=O)(=O)N1CCCC1C(C)C. The highest BCUT2D eigenvalue weighted by atomic mass is 32.2. The summed E-state index contributed by atoms with van der Waals surface area (Å²) in [5.41, 5.74) is 5.79. The summed E-state index contributed by atoms with van der Waals surface area (Å²) in [5, 5.41) is 0. The van der Waals surface area contributed by atoms with E-state index in [9.17, 15) is 12.8 Å². The summed E-state index contributed by atoms with van der Waals surface area (Å²) in [7, 11) is -3.62. The number of halogens is 1. The van der Waals surface area contributed by atoms with Gasteiger partial charge in [-0.1, -0.05) is 13.8 Å². The van der Waals surface area contributed by atoms with E-state index in [0.717, 1.165) is 12.8 Å². The van der Waals surface area contributed by atoms with Gasteiger partial charge in [-0.25, -0.2) is 12.8 Å². The minimum atomic E-state index is -3.62. The number of benzene rings is 1. The van der Waals surface area contributed by atoms with Gasteiger partial charge < -0.3 is 5.73 Å². The van der Waals surface area contributed by atoms with Gasteiger partial charge >= 0.3 is 0 Å². The lowest BCUT2D eigenvalue weighted by Gasteiger charge is -2.27. The van der Waals surface area contributed by atoms with E-state index in [1.54, 1.807) is 6.92 Å². The molecule has 1 fully saturated rings. The maximum atomic E-state index is 13.4. The zero-order chi connectivity index (χ0) is 15.1. The minimum absolute atomic E-state index is 0.00526. The molecule has 1 atom stereocenters. The van der Waals surface area contributed by atoms with Crippen LogP contribution in [0.4, 0.5) is 10.1 Å². The van der Waals surface area contributed by atoms with E-state index in [2.05, 4.69) is 0 Å². The van der Waals surface area contributed by atoms with Gasteiger partial charge in [0.15, 0.2) is 0 Å². The summed E-state index contributed by atoms with van der Waals surface area (Å²) in [6.45, 7) is 6.15. The molecule has 20 heavy (non-hydrogen) atoms. The van der Waals surface area contributed by atoms with Crippen LogP contribution in [0.2, 0.25) is 0 Å². The number of anilines is 1. The van der Waals surface area contributed by atoms with Crippen LogP contribution >= 0.6 is 0 Å². The Morgan fingerprint density at radius 1 is 1.40 bits per heavy atom. The molecule has 1 saturated heterocycles. The van der Waals surface area contributed by atoms with Crippen LogP contribution in [0.15, 0.2) is 17.0 Å². The number of hydrogen-bond donors (Lipinski definition) is 1. The van der Waals surface area contributed by atoms with Gasteiger partial charge in [0.1, 0.15) is 5.82 Å². The monoisotopic (exact) mass is 300 g/mol. The number of aryl methyl sites for hydroxylation is 1. The molecule has 0 spiro atoms. The van der Waals surface area contributed by atoms with Crippen molar-refractivity contribution in [1.82, 2.24) is 4.31 Å². The molecule has 0 aliphatic carbocycles. The molecular weight excluding hydrogens is 279 g/mol. The molecule has 2 rings (SSSR count). The molecule has 2 N–H and O–H groups in total. The molecule has 1 unspecified atom stereocenters. The normalized spacial score (nSPS) is 20.8. The van der Waals surface area contributed by atoms with Gasteiger partial charge in [0, 0.05) is 12.6 Å². The van der Waals surface area contributed by atoms with Crippen LogP contribution in [-0.2, 0) is 10.0 Å². The molecule has 0 radical (unpaired) electrons. The fourth-order valence-corrected chi connectivity index (χ4v) is 4.87. The molecule has 0 bridgehead atoms. The van der Waals surface area contributed by atoms with Crippen LogP contribution in [0.25, 0.3) is 0 Å². The lowest BCUT2D eigenvalue weighted by molar-refractivity contribution is 0.315. The zero-order valence-electron chi connectivity index (χ0n) is 12.1. The minimum Gasteiger partial charge on any atom is -0.396 e. The molecule has 1 aliphatic heterocycles. The molecule has 1 aromatic carbocycles. The van der Waals surface area contributed by atoms with Crippen molar-refractivity contribution in [3.8, 4) is 0 Å². The topological polar surface area (TPSA) is 63.4 Å². The molecule has 6 heteroatoms. The predicted molar refractivity (Wildman–Crippen MR) is 77.3 cm³/mol. The van der Waals surface area contributed by atoms with Gasteiger partial charge in [-0.2, -0.15) is 4.31 Å². The summed E-state index contributed by atoms with van der Waals surface area (Å²) in [6.07, 6.45) is 1.73. The summed E-state index contributed by atoms with van der Waals surface area (Å²) in [4.78, 5) is 0.115. The van der Waals surface area contributed by atoms with Gasteiger partial charge in [0.05, 0.1) is 10.6 Å². The number of nitrogen functional groups attached to an aromatic ring is 1. The van der Waals surface area contributed by atoms with Crippen molar-refractivity contribution in [3.05, 3.63) is 23.5 Å². The number of rotatable bonds is 3. The highest BCUT2D eigenvalue weighted by molar-refractivity contribution is 7.89. The van der Waals surface area contributed by atoms with E-state index in [4.69, 9.17) is 5.73 Å². The third kappa shape index (κ3) is 2.54. The summed E-state index contributed by atoms with van der Waals surface area (Å²) in [5.74, 6) is -0.325. The third-order valence-electron chi connectivity index (χ3n) is 3.90. The van der Waals surface area contributed by atoms with Crippen LogP contribution < -0.4 is 5.73 Å². The van der Waals surface area contributed by atoms with Crippen molar-refractivity contribution in [2.75, 3.05) is 12.3 Å². The second-order valence-corrected chi connectivity index (χ2v) is 7.57. The fourth-order valence-electron chi connectivity index (χ4n) is 2.80. The molecule has 1 aromatic rings. The Hall–Kier alpha value is -1.14. The average molecular weight is 300 g/mol. The molecular formula is C14H21FN2O2S. The third-order valence-corrected chi connectivity index (χ3v) is 5.97. The Morgan fingerprint density at radius 3 is 2.65 bits per heavy atom. The molecule has 0 saturated carbocycles. The van der Waals surface area contributed by atoms with E-state index in [0.29, 0.717) is 12.1 Å². The molecule has 112 valence electrons. The van der Waals surface area contributed by atoms with Gasteiger partial charge in [-0.15, -0.1) is 0 Å². The second-order valence-electron chi connectivity index (χ2n) is 5.71. The average Bonchev–Trinajstić information content (AvgIpc) is 2.83. The van der Waals surface area contributed by atoms with Crippen molar-refractivity contribution in [1.29, 1.82) is 0 Å². The summed E-state index contributed by atoms with van der Waals surface area (Å²) < 4.78 is 40.5. The van der Waals surface area contributed by atoms with Crippen molar-refractivity contribution >= 4 is 15.7 Å². The molecule has 0 amide bonds. The van der Waals surface area contributed by atoms with Crippen LogP contribution in [-0.4, -0.2) is 25.3 Å². The van der Waals surface area contributed by atoms with Gasteiger partial charge in [0.25, 0.3) is 0 Å². The summed E-state index contributed by atoms with van der Waals surface area (Å²) >= 11 is 0. The Bertz CT molecular complexity index is 614. The van der Waals surface area contributed by atoms with Gasteiger partial charge in [-0.05, 0) is 43.4 Å². The lowest BCUT2D eigenvalue weighted by Crippen LogP contribution is -2.38. The Kier molecular flexibility index (Phi) is 4.07. The quantitative estimate of drug-likeness (QED) is 0.872. The molecule has 1 aliphatic rings. The second kappa shape index (κ2) is 5.33. The van der Waals surface area contributed by atoms with E-state index >= 15 is 0 Å². The van der Waals surface area contributed by atoms with Crippen molar-refractivity contribution in [2.24, 2.45) is 5.92 Å². The van der Waals surface area contributed by atoms with Crippen molar-refractivity contribution in [2.45, 2.75) is 44.6 Å². The largest absolute Gasteiger partial charge is 0.396 e. The standard InChI is InChI=1S/C14H21FN2O2S/c1-9(2)13-5-4-6-17(13)20(18,19)14-8-12(16)11(15)7-10(14)3/h7-9,13H,4-6,16H2,1-3H3. The van der Waals surface area contributed by atoms with Crippen LogP contribution in [0.3, 0.4) is 0 Å². The maximum Gasteiger partial charge on any atom is 0.243 e. The fraction of sp³-hybridized carbons (Fsp3) is 0.571. The smallest absolute Gasteiger partial charge is 0.243 e. The first-order valence-corrected chi connectivity index (χ1v) is 8.26. The maximum absolute atomic E-state index is 13.4. The Labute approximate surface area is 119 Å². The number of nitrogens with two attached hydrogens (primary N) is 1. The lowest BCUT2D eigenvalue weighted by atomic mass is 10.0. The number of hydrogen-bond acceptors (Lipinski definition) is 3. The molecule has 1 heterocycles. The van der Waals surface area contributed by atoms with Gasteiger partial charge in [0.2, 0.25) is 10.0 Å². The van der Waals surface area contributed by atoms with E-state index in [-0.39, 0.29) is 22.5 Å². The zero-order valence-corrected chi connectivity index (χ0v) is 12.9. The van der Waals surface area contributed by atoms with Crippen LogP contribution in [0, 0.1) is 18.7 Å². The first-order chi connectivity index (χ1) is 9.25. The van der Waals surface area contributed by atoms with Crippen molar-refractivity contribution < 1.29 is 12.8 Å². The van der Waals surface area contributed by atoms with Gasteiger partial charge in [-0.3, -0.25) is 0 Å². The van der Waals surface area contributed by atoms with Crippen LogP contribution in [0.5, 0.6) is 0 Å². The molecule has 4 nitrogen and oxygen atoms in total. The summed E-state index contributed by atoms with van der Waals surface area (Å²) in [6, 6.07) is 2.42. The number of sulfonamides is 1. The Balaban J connectivity index is 2.48. The van der Waals surface area contributed by atoms with Crippen molar-refractivity contribution in [3.63, 3.8) is 0 Å². The highest BCUT2D eigenvalue weighted by Crippen LogP contribution is 2.32. The van der Waals surface area contributed by atoms with E-state index in [1.165, 1.54) is 16.4 Å². The predicted octanol–water partition coefficient (Wildman–Crippen LogP) is 2.53. The first-order valence-electron chi connectivity index (χ1n) is 6.82. The van der Waals surface area contributed by atoms with Crippen LogP contribution in [0.1, 0.15) is 32.3 Å². The number of nitrogens with zero attached hydrogens (tertiary/aromatic N) is 1. The van der Waals surface area contributed by atoms with E-state index < -0.39 is 15.8 Å². The molecule has 0 aromatic heterocycles. The van der Waals surface area contributed by atoms with E-state index in [1.807, 2.05) is 13.8 Å². The highest BCUT2D eigenvalue weighted by Gasteiger charge is 2.37.